The normalized spacial score (nSPS) is 11.6. The predicted molar refractivity (Wildman–Crippen MR) is 125 cm³/mol. The van der Waals surface area contributed by atoms with Crippen LogP contribution in [0.25, 0.3) is 0 Å². The number of hydrogen-bond donors (Lipinski definition) is 0. The van der Waals surface area contributed by atoms with Gasteiger partial charge in [0.15, 0.2) is 0 Å². The molecule has 0 aliphatic carbocycles. The summed E-state index contributed by atoms with van der Waals surface area (Å²) in [6.45, 7) is 6.30. The van der Waals surface area contributed by atoms with Crippen molar-refractivity contribution in [2.45, 2.75) is 117 Å². The molecule has 0 unspecified atom stereocenters. The van der Waals surface area contributed by atoms with Crippen LogP contribution >= 0.6 is 0 Å². The van der Waals surface area contributed by atoms with Gasteiger partial charge in [0.05, 0.1) is 5.97 Å². The summed E-state index contributed by atoms with van der Waals surface area (Å²) in [5.74, 6) is -0.942. The summed E-state index contributed by atoms with van der Waals surface area (Å²) in [5, 5.41) is 11.0. The van der Waals surface area contributed by atoms with Gasteiger partial charge < -0.3 is 9.90 Å². The number of hydrogen-bond acceptors (Lipinski definition) is 3. The van der Waals surface area contributed by atoms with Gasteiger partial charge in [-0.3, -0.25) is 4.90 Å². The fraction of sp³-hybridized carbons (Fsp3) is 0.808. The first-order chi connectivity index (χ1) is 14.2. The van der Waals surface area contributed by atoms with E-state index in [2.05, 4.69) is 43.1 Å². The quantitative estimate of drug-likeness (QED) is 0.150. The van der Waals surface area contributed by atoms with Gasteiger partial charge in [-0.15, -0.1) is 0 Å². The molecule has 0 amide bonds. The van der Waals surface area contributed by atoms with Gasteiger partial charge in [0, 0.05) is 6.54 Å². The van der Waals surface area contributed by atoms with Gasteiger partial charge in [-0.05, 0) is 64.5 Å². The second-order valence-electron chi connectivity index (χ2n) is 8.28. The maximum atomic E-state index is 11.0. The Bertz CT molecular complexity index is 380. The average molecular weight is 430 g/mol. The molecule has 0 radical (unpaired) electrons. The van der Waals surface area contributed by atoms with Crippen molar-refractivity contribution >= 4 is 5.97 Å². The molecule has 0 aromatic carbocycles. The minimum absolute atomic E-state index is 0. The first-order valence-corrected chi connectivity index (χ1v) is 12.4. The maximum absolute atomic E-state index is 11.0. The summed E-state index contributed by atoms with van der Waals surface area (Å²) in [4.78, 5) is 13.1. The van der Waals surface area contributed by atoms with Gasteiger partial charge in [0.25, 0.3) is 0 Å². The molecule has 3 nitrogen and oxygen atoms in total. The molecule has 0 aliphatic rings. The van der Waals surface area contributed by atoms with Crippen LogP contribution in [0.15, 0.2) is 24.3 Å². The number of carbonyl (C=O) groups is 1. The van der Waals surface area contributed by atoms with Crippen LogP contribution in [-0.4, -0.2) is 30.5 Å². The number of nitrogens with zero attached hydrogens (tertiary/aromatic N) is 1. The second-order valence-corrected chi connectivity index (χ2v) is 8.28. The third kappa shape index (κ3) is 25.9. The average Bonchev–Trinajstić information content (AvgIpc) is 2.70. The Balaban J connectivity index is 0. The fourth-order valence-corrected chi connectivity index (χ4v) is 3.51. The molecule has 0 aromatic heterocycles. The Morgan fingerprint density at radius 1 is 0.633 bits per heavy atom. The topological polar surface area (TPSA) is 43.4 Å². The molecule has 0 bridgehead atoms. The van der Waals surface area contributed by atoms with Crippen LogP contribution in [0.3, 0.4) is 0 Å². The van der Waals surface area contributed by atoms with Crippen molar-refractivity contribution in [1.29, 1.82) is 0 Å². The molecule has 0 spiro atoms. The van der Waals surface area contributed by atoms with Crippen molar-refractivity contribution in [2.24, 2.45) is 0 Å². The van der Waals surface area contributed by atoms with Gasteiger partial charge >= 0.3 is 29.6 Å². The third-order valence-corrected chi connectivity index (χ3v) is 5.29. The van der Waals surface area contributed by atoms with Crippen molar-refractivity contribution in [3.8, 4) is 0 Å². The van der Waals surface area contributed by atoms with Gasteiger partial charge in [0.1, 0.15) is 0 Å². The van der Waals surface area contributed by atoms with Crippen molar-refractivity contribution in [3.05, 3.63) is 24.3 Å². The molecule has 0 rings (SSSR count). The molecule has 30 heavy (non-hydrogen) atoms. The molecule has 0 saturated heterocycles. The number of carbonyl (C=O) groups excluding carboxylic acids is 1. The second kappa shape index (κ2) is 26.9. The van der Waals surface area contributed by atoms with Gasteiger partial charge in [0.2, 0.25) is 0 Å². The van der Waals surface area contributed by atoms with Crippen LogP contribution in [0.5, 0.6) is 0 Å². The molecule has 0 N–H and O–H groups in total. The smallest absolute Gasteiger partial charge is 0.549 e. The van der Waals surface area contributed by atoms with Crippen molar-refractivity contribution in [3.63, 3.8) is 0 Å². The Kier molecular flexibility index (Phi) is 28.8. The molecule has 4 heteroatoms. The summed E-state index contributed by atoms with van der Waals surface area (Å²) in [7, 11) is 0. The molecule has 170 valence electrons. The molecule has 0 aromatic rings. The van der Waals surface area contributed by atoms with E-state index >= 15 is 0 Å². The van der Waals surface area contributed by atoms with Gasteiger partial charge in [-0.25, -0.2) is 0 Å². The Morgan fingerprint density at radius 2 is 1.00 bits per heavy atom. The van der Waals surface area contributed by atoms with E-state index in [0.717, 1.165) is 25.9 Å². The van der Waals surface area contributed by atoms with E-state index in [0.29, 0.717) is 0 Å². The van der Waals surface area contributed by atoms with E-state index in [9.17, 15) is 9.90 Å². The van der Waals surface area contributed by atoms with Crippen molar-refractivity contribution in [2.75, 3.05) is 19.6 Å². The summed E-state index contributed by atoms with van der Waals surface area (Å²) < 4.78 is 0. The fourth-order valence-electron chi connectivity index (χ4n) is 3.51. The summed E-state index contributed by atoms with van der Waals surface area (Å²) in [5.41, 5.74) is 0. The number of allylic oxidation sites excluding steroid dienone is 4. The van der Waals surface area contributed by atoms with Crippen molar-refractivity contribution < 1.29 is 39.5 Å². The largest absolute Gasteiger partial charge is 1.00 e. The molecule has 0 fully saturated rings. The zero-order valence-electron chi connectivity index (χ0n) is 20.5. The van der Waals surface area contributed by atoms with Crippen LogP contribution in [0.4, 0.5) is 0 Å². The van der Waals surface area contributed by atoms with Crippen LogP contribution in [-0.2, 0) is 4.79 Å². The molecule has 0 atom stereocenters. The summed E-state index contributed by atoms with van der Waals surface area (Å²) in [6.07, 6.45) is 28.7. The monoisotopic (exact) mass is 429 g/mol. The van der Waals surface area contributed by atoms with Crippen molar-refractivity contribution in [1.82, 2.24) is 4.90 Å². The maximum Gasteiger partial charge on any atom is 1.00 e. The number of aliphatic carboxylic acids is 1. The van der Waals surface area contributed by atoms with Crippen LogP contribution in [0.1, 0.15) is 117 Å². The van der Waals surface area contributed by atoms with E-state index in [-0.39, 0.29) is 36.1 Å². The molecular weight excluding hydrogens is 381 g/mol. The standard InChI is InChI=1S/C26H49NO2.Na/c1-3-5-7-9-11-13-15-17-19-21-23-27(25-26(28)29)24-22-20-18-16-14-12-10-8-6-4-2;/h7-10H,3-6,11-25H2,1-2H3,(H,28,29);/q;+1/p-1/b9-7+,10-8+;. The zero-order valence-corrected chi connectivity index (χ0v) is 22.5. The SMILES string of the molecule is CCC/C=C/CCCCCCCN(CCCCCCC/C=C/CCC)CC(=O)[O-].[Na+]. The third-order valence-electron chi connectivity index (χ3n) is 5.29. The Hall–Kier alpha value is -0.0900. The summed E-state index contributed by atoms with van der Waals surface area (Å²) in [6, 6.07) is 0. The Labute approximate surface area is 210 Å². The minimum atomic E-state index is -0.942. The number of carboxylic acid groups (broad SMARTS) is 1. The molecule has 0 saturated carbocycles. The van der Waals surface area contributed by atoms with Gasteiger partial charge in [-0.2, -0.15) is 0 Å². The number of carboxylic acids is 1. The predicted octanol–water partition coefficient (Wildman–Crippen LogP) is 3.44. The Morgan fingerprint density at radius 3 is 1.40 bits per heavy atom. The summed E-state index contributed by atoms with van der Waals surface area (Å²) >= 11 is 0. The first-order valence-electron chi connectivity index (χ1n) is 12.4. The van der Waals surface area contributed by atoms with Crippen LogP contribution < -0.4 is 34.7 Å². The number of rotatable bonds is 22. The zero-order chi connectivity index (χ0) is 21.4. The van der Waals surface area contributed by atoms with Gasteiger partial charge in [-0.1, -0.05) is 89.5 Å². The van der Waals surface area contributed by atoms with E-state index in [1.54, 1.807) is 0 Å². The first kappa shape index (κ1) is 32.1. The van der Waals surface area contributed by atoms with Crippen LogP contribution in [0, 0.1) is 0 Å². The number of unbranched alkanes of at least 4 members (excludes halogenated alkanes) is 12. The van der Waals surface area contributed by atoms with E-state index in [1.165, 1.54) is 89.9 Å². The molecule has 0 aliphatic heterocycles. The molecule has 0 heterocycles. The van der Waals surface area contributed by atoms with E-state index in [4.69, 9.17) is 0 Å². The van der Waals surface area contributed by atoms with E-state index < -0.39 is 5.97 Å². The molecular formula is C26H48NNaO2. The van der Waals surface area contributed by atoms with Crippen LogP contribution in [0.2, 0.25) is 0 Å². The minimum Gasteiger partial charge on any atom is -0.549 e. The van der Waals surface area contributed by atoms with E-state index in [1.807, 2.05) is 0 Å².